The second-order valence-electron chi connectivity index (χ2n) is 3.26. The molecule has 15 heavy (non-hydrogen) atoms. The largest absolute Gasteiger partial charge is 0.352 e. The van der Waals surface area contributed by atoms with Gasteiger partial charge in [-0.3, -0.25) is 0 Å². The van der Waals surface area contributed by atoms with Crippen LogP contribution in [-0.2, 0) is 0 Å². The van der Waals surface area contributed by atoms with E-state index < -0.39 is 0 Å². The summed E-state index contributed by atoms with van der Waals surface area (Å²) in [7, 11) is 0. The second-order valence-corrected chi connectivity index (χ2v) is 5.57. The molecule has 0 amide bonds. The number of halogens is 1. The number of anilines is 1. The Morgan fingerprint density at radius 1 is 1.47 bits per heavy atom. The molecule has 1 aromatic rings. The number of hydrogen-bond acceptors (Lipinski definition) is 4. The lowest BCUT2D eigenvalue weighted by Gasteiger charge is -2.12. The lowest BCUT2D eigenvalue weighted by molar-refractivity contribution is 0.759. The van der Waals surface area contributed by atoms with E-state index in [0.29, 0.717) is 12.0 Å². The highest BCUT2D eigenvalue weighted by Gasteiger charge is 2.03. The first-order valence-electron chi connectivity index (χ1n) is 5.04. The minimum absolute atomic E-state index is 0.422. The highest BCUT2D eigenvalue weighted by molar-refractivity contribution is 9.10. The van der Waals surface area contributed by atoms with E-state index in [9.17, 15) is 0 Å². The van der Waals surface area contributed by atoms with Gasteiger partial charge >= 0.3 is 0 Å². The van der Waals surface area contributed by atoms with Gasteiger partial charge in [-0.25, -0.2) is 9.97 Å². The molecule has 0 aliphatic heterocycles. The summed E-state index contributed by atoms with van der Waals surface area (Å²) in [4.78, 5) is 8.34. The molecule has 5 heteroatoms. The fourth-order valence-corrected chi connectivity index (χ4v) is 2.10. The third-order valence-corrected chi connectivity index (χ3v) is 3.24. The maximum atomic E-state index is 4.17. The zero-order valence-electron chi connectivity index (χ0n) is 9.03. The van der Waals surface area contributed by atoms with Crippen molar-refractivity contribution >= 4 is 33.6 Å². The van der Waals surface area contributed by atoms with Crippen LogP contribution in [0.15, 0.2) is 16.9 Å². The van der Waals surface area contributed by atoms with Gasteiger partial charge in [0.1, 0.15) is 0 Å². The van der Waals surface area contributed by atoms with E-state index in [1.807, 2.05) is 11.8 Å². The van der Waals surface area contributed by atoms with E-state index in [4.69, 9.17) is 0 Å². The highest BCUT2D eigenvalue weighted by atomic mass is 79.9. The Bertz CT molecular complexity index is 279. The van der Waals surface area contributed by atoms with Crippen molar-refractivity contribution in [2.75, 3.05) is 16.8 Å². The third kappa shape index (κ3) is 5.37. The standard InChI is InChI=1S/C10H16BrN3S/c1-3-15-5-4-8(2)14-10-12-6-9(11)7-13-10/h6-8H,3-5H2,1-2H3,(H,12,13,14). The van der Waals surface area contributed by atoms with Crippen LogP contribution in [0.2, 0.25) is 0 Å². The molecule has 0 bridgehead atoms. The monoisotopic (exact) mass is 289 g/mol. The first kappa shape index (κ1) is 12.8. The molecule has 0 radical (unpaired) electrons. The van der Waals surface area contributed by atoms with Gasteiger partial charge in [0, 0.05) is 18.4 Å². The van der Waals surface area contributed by atoms with Crippen LogP contribution >= 0.6 is 27.7 Å². The fraction of sp³-hybridized carbons (Fsp3) is 0.600. The number of nitrogens with zero attached hydrogens (tertiary/aromatic N) is 2. The smallest absolute Gasteiger partial charge is 0.222 e. The molecule has 0 fully saturated rings. The molecule has 0 spiro atoms. The molecule has 0 saturated heterocycles. The van der Waals surface area contributed by atoms with Crippen LogP contribution in [0.5, 0.6) is 0 Å². The number of hydrogen-bond donors (Lipinski definition) is 1. The number of aromatic nitrogens is 2. The molecular formula is C10H16BrN3S. The molecule has 0 saturated carbocycles. The zero-order chi connectivity index (χ0) is 11.1. The summed E-state index contributed by atoms with van der Waals surface area (Å²) in [5.74, 6) is 3.06. The Labute approximate surface area is 104 Å². The lowest BCUT2D eigenvalue weighted by Crippen LogP contribution is -2.17. The van der Waals surface area contributed by atoms with Crippen molar-refractivity contribution in [2.24, 2.45) is 0 Å². The minimum atomic E-state index is 0.422. The van der Waals surface area contributed by atoms with Gasteiger partial charge in [-0.15, -0.1) is 0 Å². The zero-order valence-corrected chi connectivity index (χ0v) is 11.4. The van der Waals surface area contributed by atoms with Crippen LogP contribution in [0.3, 0.4) is 0 Å². The first-order valence-corrected chi connectivity index (χ1v) is 6.99. The van der Waals surface area contributed by atoms with Gasteiger partial charge < -0.3 is 5.32 Å². The molecule has 0 aromatic carbocycles. The molecule has 3 nitrogen and oxygen atoms in total. The summed E-state index contributed by atoms with van der Waals surface area (Å²) in [6.45, 7) is 4.34. The Morgan fingerprint density at radius 2 is 2.13 bits per heavy atom. The Morgan fingerprint density at radius 3 is 2.73 bits per heavy atom. The fourth-order valence-electron chi connectivity index (χ4n) is 1.08. The molecule has 0 aliphatic carbocycles. The summed E-state index contributed by atoms with van der Waals surface area (Å²) < 4.78 is 0.905. The predicted octanol–water partition coefficient (Wildman–Crippen LogP) is 3.18. The molecule has 0 aliphatic rings. The van der Waals surface area contributed by atoms with Gasteiger partial charge in [0.2, 0.25) is 5.95 Å². The average Bonchev–Trinajstić information content (AvgIpc) is 2.22. The van der Waals surface area contributed by atoms with Gasteiger partial charge in [0.05, 0.1) is 4.47 Å². The maximum absolute atomic E-state index is 4.17. The van der Waals surface area contributed by atoms with Crippen LogP contribution in [0.1, 0.15) is 20.3 Å². The van der Waals surface area contributed by atoms with Crippen LogP contribution in [0.25, 0.3) is 0 Å². The van der Waals surface area contributed by atoms with E-state index in [-0.39, 0.29) is 0 Å². The van der Waals surface area contributed by atoms with Gasteiger partial charge in [-0.2, -0.15) is 11.8 Å². The summed E-state index contributed by atoms with van der Waals surface area (Å²) in [6, 6.07) is 0.422. The Hall–Kier alpha value is -0.290. The molecule has 84 valence electrons. The molecule has 1 heterocycles. The van der Waals surface area contributed by atoms with E-state index in [2.05, 4.69) is 45.1 Å². The van der Waals surface area contributed by atoms with Crippen molar-refractivity contribution in [3.63, 3.8) is 0 Å². The van der Waals surface area contributed by atoms with Crippen molar-refractivity contribution in [2.45, 2.75) is 26.3 Å². The van der Waals surface area contributed by atoms with Crippen LogP contribution < -0.4 is 5.32 Å². The van der Waals surface area contributed by atoms with E-state index >= 15 is 0 Å². The highest BCUT2D eigenvalue weighted by Crippen LogP contribution is 2.10. The summed E-state index contributed by atoms with van der Waals surface area (Å²) in [5.41, 5.74) is 0. The second kappa shape index (κ2) is 7.06. The minimum Gasteiger partial charge on any atom is -0.352 e. The van der Waals surface area contributed by atoms with Crippen molar-refractivity contribution in [3.05, 3.63) is 16.9 Å². The molecule has 1 unspecified atom stereocenters. The van der Waals surface area contributed by atoms with Crippen LogP contribution in [0.4, 0.5) is 5.95 Å². The lowest BCUT2D eigenvalue weighted by atomic mass is 10.3. The summed E-state index contributed by atoms with van der Waals surface area (Å²) in [6.07, 6.45) is 4.64. The number of rotatable bonds is 6. The third-order valence-electron chi connectivity index (χ3n) is 1.90. The quantitative estimate of drug-likeness (QED) is 0.817. The van der Waals surface area contributed by atoms with E-state index in [1.165, 1.54) is 11.5 Å². The van der Waals surface area contributed by atoms with Crippen molar-refractivity contribution in [1.82, 2.24) is 9.97 Å². The van der Waals surface area contributed by atoms with Crippen molar-refractivity contribution < 1.29 is 0 Å². The maximum Gasteiger partial charge on any atom is 0.222 e. The number of nitrogens with one attached hydrogen (secondary N) is 1. The van der Waals surface area contributed by atoms with Gasteiger partial charge in [0.25, 0.3) is 0 Å². The predicted molar refractivity (Wildman–Crippen MR) is 70.4 cm³/mol. The first-order chi connectivity index (χ1) is 7.22. The topological polar surface area (TPSA) is 37.8 Å². The Kier molecular flexibility index (Phi) is 6.02. The SMILES string of the molecule is CCSCCC(C)Nc1ncc(Br)cn1. The van der Waals surface area contributed by atoms with Gasteiger partial charge in [-0.1, -0.05) is 6.92 Å². The van der Waals surface area contributed by atoms with Crippen molar-refractivity contribution in [1.29, 1.82) is 0 Å². The molecule has 1 N–H and O–H groups in total. The van der Waals surface area contributed by atoms with Gasteiger partial charge in [0.15, 0.2) is 0 Å². The normalized spacial score (nSPS) is 12.5. The molecule has 1 rings (SSSR count). The molecule has 1 aromatic heterocycles. The van der Waals surface area contributed by atoms with Crippen molar-refractivity contribution in [3.8, 4) is 0 Å². The molecule has 1 atom stereocenters. The molecular weight excluding hydrogens is 274 g/mol. The number of thioether (sulfide) groups is 1. The van der Waals surface area contributed by atoms with Crippen LogP contribution in [-0.4, -0.2) is 27.5 Å². The van der Waals surface area contributed by atoms with Gasteiger partial charge in [-0.05, 0) is 40.8 Å². The summed E-state index contributed by atoms with van der Waals surface area (Å²) in [5, 5.41) is 3.27. The Balaban J connectivity index is 2.31. The van der Waals surface area contributed by atoms with E-state index in [1.54, 1.807) is 12.4 Å². The summed E-state index contributed by atoms with van der Waals surface area (Å²) >= 11 is 5.27. The van der Waals surface area contributed by atoms with Crippen LogP contribution in [0, 0.1) is 0 Å². The van der Waals surface area contributed by atoms with E-state index in [0.717, 1.165) is 10.9 Å². The average molecular weight is 290 g/mol.